The topological polar surface area (TPSA) is 38.9 Å². The summed E-state index contributed by atoms with van der Waals surface area (Å²) in [6.45, 7) is 0.583. The summed E-state index contributed by atoms with van der Waals surface area (Å²) in [6.07, 6.45) is 1.82. The van der Waals surface area contributed by atoms with Gasteiger partial charge in [-0.25, -0.2) is 0 Å². The van der Waals surface area contributed by atoms with Crippen LogP contribution in [0, 0.1) is 0 Å². The molecule has 0 spiro atoms. The fraction of sp³-hybridized carbons (Fsp3) is 0.0625. The van der Waals surface area contributed by atoms with E-state index in [0.717, 1.165) is 11.1 Å². The highest BCUT2D eigenvalue weighted by molar-refractivity contribution is 5.84. The van der Waals surface area contributed by atoms with Crippen molar-refractivity contribution >= 4 is 10.9 Å². The molecule has 2 N–H and O–H groups in total. The third kappa shape index (κ3) is 1.98. The van der Waals surface area contributed by atoms with Gasteiger partial charge in [-0.15, -0.1) is 0 Å². The van der Waals surface area contributed by atoms with Gasteiger partial charge in [0.2, 0.25) is 0 Å². The van der Waals surface area contributed by atoms with E-state index in [-0.39, 0.29) is 0 Å². The van der Waals surface area contributed by atoms with Gasteiger partial charge in [-0.2, -0.15) is 0 Å². The maximum absolute atomic E-state index is 5.60. The lowest BCUT2D eigenvalue weighted by Gasteiger charge is -2.04. The molecule has 0 saturated carbocycles. The minimum atomic E-state index is 0.583. The average Bonchev–Trinajstić information content (AvgIpc) is 2.47. The van der Waals surface area contributed by atoms with Crippen LogP contribution >= 0.6 is 0 Å². The van der Waals surface area contributed by atoms with E-state index in [1.807, 2.05) is 12.3 Å². The van der Waals surface area contributed by atoms with Gasteiger partial charge in [0.25, 0.3) is 0 Å². The van der Waals surface area contributed by atoms with Gasteiger partial charge in [0.1, 0.15) is 0 Å². The van der Waals surface area contributed by atoms with Gasteiger partial charge < -0.3 is 5.73 Å². The first-order chi connectivity index (χ1) is 8.86. The van der Waals surface area contributed by atoms with Crippen LogP contribution in [0.2, 0.25) is 0 Å². The number of hydrogen-bond acceptors (Lipinski definition) is 2. The molecule has 0 bridgehead atoms. The van der Waals surface area contributed by atoms with E-state index >= 15 is 0 Å². The highest BCUT2D eigenvalue weighted by Crippen LogP contribution is 2.23. The molecule has 2 aromatic carbocycles. The zero-order chi connectivity index (χ0) is 12.4. The van der Waals surface area contributed by atoms with Gasteiger partial charge >= 0.3 is 0 Å². The van der Waals surface area contributed by atoms with E-state index < -0.39 is 0 Å². The summed E-state index contributed by atoms with van der Waals surface area (Å²) in [7, 11) is 0. The zero-order valence-corrected chi connectivity index (χ0v) is 10.0. The second-order valence-electron chi connectivity index (χ2n) is 4.31. The lowest BCUT2D eigenvalue weighted by molar-refractivity contribution is 1.07. The monoisotopic (exact) mass is 234 g/mol. The van der Waals surface area contributed by atoms with Crippen LogP contribution in [-0.4, -0.2) is 4.98 Å². The third-order valence-corrected chi connectivity index (χ3v) is 3.13. The molecule has 0 unspecified atom stereocenters. The first-order valence-corrected chi connectivity index (χ1v) is 6.01. The molecule has 2 nitrogen and oxygen atoms in total. The summed E-state index contributed by atoms with van der Waals surface area (Å²) in [5, 5.41) is 1.17. The number of rotatable bonds is 2. The molecule has 18 heavy (non-hydrogen) atoms. The Labute approximate surface area is 106 Å². The molecular weight excluding hydrogens is 220 g/mol. The minimum absolute atomic E-state index is 0.583. The Morgan fingerprint density at radius 2 is 1.67 bits per heavy atom. The Morgan fingerprint density at radius 1 is 0.889 bits per heavy atom. The standard InChI is InChI=1S/C16H14N2/c17-11-12-3-5-13(6-4-12)15-8-7-14-2-1-9-18-16(14)10-15/h1-10H,11,17H2. The third-order valence-electron chi connectivity index (χ3n) is 3.13. The largest absolute Gasteiger partial charge is 0.326 e. The molecule has 0 fully saturated rings. The highest BCUT2D eigenvalue weighted by Gasteiger charge is 2.00. The van der Waals surface area contributed by atoms with Gasteiger partial charge in [-0.05, 0) is 28.8 Å². The average molecular weight is 234 g/mol. The first-order valence-electron chi connectivity index (χ1n) is 6.01. The van der Waals surface area contributed by atoms with Crippen molar-refractivity contribution in [2.45, 2.75) is 6.54 Å². The summed E-state index contributed by atoms with van der Waals surface area (Å²) in [4.78, 5) is 4.38. The summed E-state index contributed by atoms with van der Waals surface area (Å²) in [6, 6.07) is 18.7. The zero-order valence-electron chi connectivity index (χ0n) is 10.0. The molecule has 2 heteroatoms. The molecule has 0 atom stereocenters. The van der Waals surface area contributed by atoms with Crippen molar-refractivity contribution < 1.29 is 0 Å². The van der Waals surface area contributed by atoms with Crippen LogP contribution in [0.4, 0.5) is 0 Å². The quantitative estimate of drug-likeness (QED) is 0.738. The van der Waals surface area contributed by atoms with Crippen LogP contribution in [0.1, 0.15) is 5.56 Å². The van der Waals surface area contributed by atoms with Crippen LogP contribution in [0.3, 0.4) is 0 Å². The number of aromatic nitrogens is 1. The number of pyridine rings is 1. The van der Waals surface area contributed by atoms with Gasteiger partial charge in [0.15, 0.2) is 0 Å². The number of hydrogen-bond donors (Lipinski definition) is 1. The number of benzene rings is 2. The molecule has 0 radical (unpaired) electrons. The van der Waals surface area contributed by atoms with Crippen molar-refractivity contribution in [1.82, 2.24) is 4.98 Å². The van der Waals surface area contributed by atoms with Crippen molar-refractivity contribution in [3.63, 3.8) is 0 Å². The van der Waals surface area contributed by atoms with E-state index in [2.05, 4.69) is 53.5 Å². The Kier molecular flexibility index (Phi) is 2.79. The maximum Gasteiger partial charge on any atom is 0.0708 e. The Bertz CT molecular complexity index is 672. The Morgan fingerprint density at radius 3 is 2.44 bits per heavy atom. The molecule has 1 heterocycles. The molecule has 88 valence electrons. The van der Waals surface area contributed by atoms with Gasteiger partial charge in [0, 0.05) is 18.1 Å². The normalized spacial score (nSPS) is 10.7. The molecule has 1 aromatic heterocycles. The second-order valence-corrected chi connectivity index (χ2v) is 4.31. The summed E-state index contributed by atoms with van der Waals surface area (Å²) in [5.74, 6) is 0. The van der Waals surface area contributed by atoms with E-state index in [4.69, 9.17) is 5.73 Å². The van der Waals surface area contributed by atoms with Crippen LogP contribution in [0.5, 0.6) is 0 Å². The van der Waals surface area contributed by atoms with Crippen molar-refractivity contribution in [2.75, 3.05) is 0 Å². The molecule has 0 aliphatic rings. The Balaban J connectivity index is 2.07. The fourth-order valence-corrected chi connectivity index (χ4v) is 2.08. The fourth-order valence-electron chi connectivity index (χ4n) is 2.08. The maximum atomic E-state index is 5.60. The highest BCUT2D eigenvalue weighted by atomic mass is 14.6. The van der Waals surface area contributed by atoms with Gasteiger partial charge in [-0.1, -0.05) is 42.5 Å². The van der Waals surface area contributed by atoms with E-state index in [1.54, 1.807) is 0 Å². The van der Waals surface area contributed by atoms with Gasteiger partial charge in [0.05, 0.1) is 5.52 Å². The van der Waals surface area contributed by atoms with Crippen LogP contribution < -0.4 is 5.73 Å². The number of fused-ring (bicyclic) bond motifs is 1. The molecule has 3 aromatic rings. The van der Waals surface area contributed by atoms with Crippen LogP contribution in [0.15, 0.2) is 60.8 Å². The molecule has 0 amide bonds. The van der Waals surface area contributed by atoms with E-state index in [9.17, 15) is 0 Å². The second kappa shape index (κ2) is 4.59. The molecule has 0 aliphatic carbocycles. The van der Waals surface area contributed by atoms with Crippen molar-refractivity contribution in [2.24, 2.45) is 5.73 Å². The Hall–Kier alpha value is -2.19. The van der Waals surface area contributed by atoms with E-state index in [1.165, 1.54) is 16.5 Å². The van der Waals surface area contributed by atoms with Gasteiger partial charge in [-0.3, -0.25) is 4.98 Å². The predicted octanol–water partition coefficient (Wildman–Crippen LogP) is 3.36. The van der Waals surface area contributed by atoms with Crippen LogP contribution in [0.25, 0.3) is 22.0 Å². The van der Waals surface area contributed by atoms with Crippen molar-refractivity contribution in [3.8, 4) is 11.1 Å². The number of nitrogens with zero attached hydrogens (tertiary/aromatic N) is 1. The number of nitrogens with two attached hydrogens (primary N) is 1. The van der Waals surface area contributed by atoms with Crippen LogP contribution in [-0.2, 0) is 6.54 Å². The molecule has 0 aliphatic heterocycles. The van der Waals surface area contributed by atoms with E-state index in [0.29, 0.717) is 6.54 Å². The van der Waals surface area contributed by atoms with Crippen molar-refractivity contribution in [3.05, 3.63) is 66.4 Å². The summed E-state index contributed by atoms with van der Waals surface area (Å²) in [5.41, 5.74) is 10.2. The molecule has 0 saturated heterocycles. The molecular formula is C16H14N2. The lowest BCUT2D eigenvalue weighted by atomic mass is 10.0. The first kappa shape index (κ1) is 10.9. The smallest absolute Gasteiger partial charge is 0.0708 e. The lowest BCUT2D eigenvalue weighted by Crippen LogP contribution is -1.95. The SMILES string of the molecule is NCc1ccc(-c2ccc3cccnc3c2)cc1. The summed E-state index contributed by atoms with van der Waals surface area (Å²) < 4.78 is 0. The molecule has 3 rings (SSSR count). The van der Waals surface area contributed by atoms with Crippen molar-refractivity contribution in [1.29, 1.82) is 0 Å². The summed E-state index contributed by atoms with van der Waals surface area (Å²) >= 11 is 0. The minimum Gasteiger partial charge on any atom is -0.326 e. The predicted molar refractivity (Wildman–Crippen MR) is 75.1 cm³/mol.